The molecule has 1 aromatic carbocycles. The summed E-state index contributed by atoms with van der Waals surface area (Å²) in [6, 6.07) is 4.43. The van der Waals surface area contributed by atoms with Crippen molar-refractivity contribution in [2.24, 2.45) is 5.73 Å². The fourth-order valence-corrected chi connectivity index (χ4v) is 2.26. The van der Waals surface area contributed by atoms with E-state index in [0.717, 1.165) is 5.56 Å². The zero-order valence-corrected chi connectivity index (χ0v) is 10.7. The van der Waals surface area contributed by atoms with E-state index in [9.17, 15) is 9.50 Å². The van der Waals surface area contributed by atoms with Crippen molar-refractivity contribution in [2.45, 2.75) is 11.9 Å². The minimum Gasteiger partial charge on any atom is -0.394 e. The molecule has 0 aliphatic heterocycles. The van der Waals surface area contributed by atoms with E-state index in [2.05, 4.69) is 11.8 Å². The molecule has 0 bridgehead atoms. The van der Waals surface area contributed by atoms with Crippen LogP contribution in [-0.4, -0.2) is 35.2 Å². The summed E-state index contributed by atoms with van der Waals surface area (Å²) in [5, 5.41) is 17.9. The lowest BCUT2D eigenvalue weighted by atomic mass is 10.1. The third kappa shape index (κ3) is 5.07. The number of aliphatic hydroxyl groups is 2. The summed E-state index contributed by atoms with van der Waals surface area (Å²) in [5.41, 5.74) is 6.80. The van der Waals surface area contributed by atoms with Gasteiger partial charge in [-0.1, -0.05) is 17.9 Å². The fraction of sp³-hybridized carbons (Fsp3) is 0.385. The maximum Gasteiger partial charge on any atom is 0.124 e. The molecule has 3 nitrogen and oxygen atoms in total. The first kappa shape index (κ1) is 15.0. The highest BCUT2D eigenvalue weighted by molar-refractivity contribution is 7.98. The molecule has 18 heavy (non-hydrogen) atoms. The average molecular weight is 269 g/mol. The van der Waals surface area contributed by atoms with Gasteiger partial charge in [0.15, 0.2) is 0 Å². The van der Waals surface area contributed by atoms with E-state index in [1.54, 1.807) is 6.07 Å². The van der Waals surface area contributed by atoms with Crippen molar-refractivity contribution in [3.63, 3.8) is 0 Å². The van der Waals surface area contributed by atoms with E-state index in [0.29, 0.717) is 17.1 Å². The van der Waals surface area contributed by atoms with E-state index in [4.69, 9.17) is 10.8 Å². The van der Waals surface area contributed by atoms with Gasteiger partial charge in [0.25, 0.3) is 0 Å². The van der Waals surface area contributed by atoms with Crippen LogP contribution in [0.4, 0.5) is 4.39 Å². The standard InChI is InChI=1S/C13H16FNO2S/c14-12-4-3-11(8-18-9-13(17)7-16)10(6-12)2-1-5-15/h3-4,6,13,16-17H,5,7-9,15H2. The summed E-state index contributed by atoms with van der Waals surface area (Å²) < 4.78 is 13.1. The Morgan fingerprint density at radius 3 is 2.89 bits per heavy atom. The van der Waals surface area contributed by atoms with Gasteiger partial charge in [0, 0.05) is 17.1 Å². The van der Waals surface area contributed by atoms with Crippen molar-refractivity contribution in [3.8, 4) is 11.8 Å². The molecule has 1 rings (SSSR count). The van der Waals surface area contributed by atoms with Crippen molar-refractivity contribution < 1.29 is 14.6 Å². The van der Waals surface area contributed by atoms with E-state index < -0.39 is 6.10 Å². The highest BCUT2D eigenvalue weighted by Gasteiger charge is 2.05. The first-order valence-electron chi connectivity index (χ1n) is 5.51. The molecule has 0 fully saturated rings. The van der Waals surface area contributed by atoms with E-state index in [-0.39, 0.29) is 19.0 Å². The second kappa shape index (κ2) is 8.11. The Bertz CT molecular complexity index is 442. The number of rotatable bonds is 5. The van der Waals surface area contributed by atoms with Crippen LogP contribution in [-0.2, 0) is 5.75 Å². The minimum absolute atomic E-state index is 0.228. The van der Waals surface area contributed by atoms with Crippen molar-refractivity contribution in [1.29, 1.82) is 0 Å². The van der Waals surface area contributed by atoms with Gasteiger partial charge >= 0.3 is 0 Å². The van der Waals surface area contributed by atoms with Crippen molar-refractivity contribution in [2.75, 3.05) is 18.9 Å². The monoisotopic (exact) mass is 269 g/mol. The minimum atomic E-state index is -0.728. The van der Waals surface area contributed by atoms with Gasteiger partial charge in [-0.25, -0.2) is 4.39 Å². The first-order valence-corrected chi connectivity index (χ1v) is 6.67. The van der Waals surface area contributed by atoms with Gasteiger partial charge in [-0.05, 0) is 17.7 Å². The van der Waals surface area contributed by atoms with Crippen molar-refractivity contribution in [3.05, 3.63) is 35.1 Å². The summed E-state index contributed by atoms with van der Waals surface area (Å²) in [7, 11) is 0. The van der Waals surface area contributed by atoms with Crippen LogP contribution >= 0.6 is 11.8 Å². The van der Waals surface area contributed by atoms with Gasteiger partial charge in [-0.2, -0.15) is 11.8 Å². The Kier molecular flexibility index (Phi) is 6.76. The molecule has 1 atom stereocenters. The molecule has 0 saturated carbocycles. The second-order valence-corrected chi connectivity index (χ2v) is 4.69. The van der Waals surface area contributed by atoms with Crippen LogP contribution in [0.2, 0.25) is 0 Å². The predicted molar refractivity (Wildman–Crippen MR) is 71.6 cm³/mol. The Morgan fingerprint density at radius 2 is 2.22 bits per heavy atom. The zero-order valence-electron chi connectivity index (χ0n) is 9.90. The lowest BCUT2D eigenvalue weighted by Crippen LogP contribution is -2.14. The molecule has 0 spiro atoms. The van der Waals surface area contributed by atoms with Crippen LogP contribution < -0.4 is 5.73 Å². The summed E-state index contributed by atoms with van der Waals surface area (Å²) >= 11 is 1.46. The normalized spacial score (nSPS) is 11.8. The number of benzene rings is 1. The molecule has 1 unspecified atom stereocenters. The molecule has 5 heteroatoms. The Labute approximate surface area is 110 Å². The smallest absolute Gasteiger partial charge is 0.124 e. The molecular formula is C13H16FNO2S. The molecule has 0 aromatic heterocycles. The van der Waals surface area contributed by atoms with Gasteiger partial charge in [0.2, 0.25) is 0 Å². The average Bonchev–Trinajstić information content (AvgIpc) is 2.38. The van der Waals surface area contributed by atoms with Gasteiger partial charge in [0.05, 0.1) is 19.3 Å². The lowest BCUT2D eigenvalue weighted by molar-refractivity contribution is 0.113. The van der Waals surface area contributed by atoms with E-state index in [1.165, 1.54) is 23.9 Å². The number of nitrogens with two attached hydrogens (primary N) is 1. The number of thioether (sulfide) groups is 1. The van der Waals surface area contributed by atoms with Crippen molar-refractivity contribution >= 4 is 11.8 Å². The highest BCUT2D eigenvalue weighted by atomic mass is 32.2. The number of halogens is 1. The maximum absolute atomic E-state index is 13.1. The molecule has 0 aliphatic rings. The summed E-state index contributed by atoms with van der Waals surface area (Å²) in [6.45, 7) is -0.0252. The predicted octanol–water partition coefficient (Wildman–Crippen LogP) is 0.722. The van der Waals surface area contributed by atoms with Crippen LogP contribution in [0.15, 0.2) is 18.2 Å². The summed E-state index contributed by atoms with van der Waals surface area (Å²) in [5.74, 6) is 6.22. The van der Waals surface area contributed by atoms with Gasteiger partial charge in [-0.15, -0.1) is 0 Å². The van der Waals surface area contributed by atoms with Gasteiger partial charge in [0.1, 0.15) is 5.82 Å². The van der Waals surface area contributed by atoms with Crippen LogP contribution in [0, 0.1) is 17.7 Å². The largest absolute Gasteiger partial charge is 0.394 e. The maximum atomic E-state index is 13.1. The fourth-order valence-electron chi connectivity index (χ4n) is 1.29. The van der Waals surface area contributed by atoms with Gasteiger partial charge in [-0.3, -0.25) is 0 Å². The van der Waals surface area contributed by atoms with Gasteiger partial charge < -0.3 is 15.9 Å². The molecule has 1 aromatic rings. The molecule has 0 amide bonds. The van der Waals surface area contributed by atoms with Crippen LogP contribution in [0.1, 0.15) is 11.1 Å². The molecule has 0 heterocycles. The number of aliphatic hydroxyl groups excluding tert-OH is 2. The molecule has 0 saturated heterocycles. The van der Waals surface area contributed by atoms with Crippen LogP contribution in [0.5, 0.6) is 0 Å². The highest BCUT2D eigenvalue weighted by Crippen LogP contribution is 2.18. The third-order valence-electron chi connectivity index (χ3n) is 2.18. The Morgan fingerprint density at radius 1 is 1.44 bits per heavy atom. The molecule has 0 aliphatic carbocycles. The molecule has 4 N–H and O–H groups in total. The Hall–Kier alpha value is -1.06. The zero-order chi connectivity index (χ0) is 13.4. The summed E-state index contributed by atoms with van der Waals surface area (Å²) in [4.78, 5) is 0. The third-order valence-corrected chi connectivity index (χ3v) is 3.31. The topological polar surface area (TPSA) is 66.5 Å². The van der Waals surface area contributed by atoms with Crippen LogP contribution in [0.25, 0.3) is 0 Å². The van der Waals surface area contributed by atoms with E-state index >= 15 is 0 Å². The van der Waals surface area contributed by atoms with Crippen LogP contribution in [0.3, 0.4) is 0 Å². The number of hydrogen-bond donors (Lipinski definition) is 3. The molecule has 0 radical (unpaired) electrons. The SMILES string of the molecule is NCC#Cc1cc(F)ccc1CSCC(O)CO. The number of hydrogen-bond acceptors (Lipinski definition) is 4. The van der Waals surface area contributed by atoms with Crippen molar-refractivity contribution in [1.82, 2.24) is 0 Å². The lowest BCUT2D eigenvalue weighted by Gasteiger charge is -2.08. The summed E-state index contributed by atoms with van der Waals surface area (Å²) in [6.07, 6.45) is -0.728. The molecule has 98 valence electrons. The molecular weight excluding hydrogens is 253 g/mol. The quantitative estimate of drug-likeness (QED) is 0.689. The Balaban J connectivity index is 2.69. The first-order chi connectivity index (χ1) is 8.67. The second-order valence-electron chi connectivity index (χ2n) is 3.66. The van der Waals surface area contributed by atoms with E-state index in [1.807, 2.05) is 0 Å².